The first-order valence-corrected chi connectivity index (χ1v) is 12.2. The van der Waals surface area contributed by atoms with Crippen LogP contribution in [0.2, 0.25) is 0 Å². The maximum atomic E-state index is 15.1. The van der Waals surface area contributed by atoms with Crippen LogP contribution in [0, 0.1) is 29.1 Å². The molecule has 5 nitrogen and oxygen atoms in total. The molecule has 0 radical (unpaired) electrons. The van der Waals surface area contributed by atoms with Gasteiger partial charge in [0.05, 0.1) is 24.7 Å². The van der Waals surface area contributed by atoms with E-state index in [1.807, 2.05) is 0 Å². The van der Waals surface area contributed by atoms with E-state index in [0.717, 1.165) is 63.4 Å². The SMILES string of the molecule is Fc1c(F)c(F)c(-c2c3ccc(=[N+]4CCNCC4)cc-3oc3cc(N4CCNCC4)ccc23)c(F)c1F. The Kier molecular flexibility index (Phi) is 6.08. The largest absolute Gasteiger partial charge is 0.456 e. The molecule has 2 aromatic rings. The van der Waals surface area contributed by atoms with Crippen LogP contribution in [0.25, 0.3) is 33.4 Å². The van der Waals surface area contributed by atoms with Crippen molar-refractivity contribution in [1.82, 2.24) is 15.2 Å². The highest BCUT2D eigenvalue weighted by Crippen LogP contribution is 2.44. The van der Waals surface area contributed by atoms with E-state index >= 15 is 8.78 Å². The second-order valence-electron chi connectivity index (χ2n) is 9.26. The lowest BCUT2D eigenvalue weighted by molar-refractivity contribution is 0.381. The lowest BCUT2D eigenvalue weighted by atomic mass is 9.92. The zero-order valence-corrected chi connectivity index (χ0v) is 19.8. The number of piperazine rings is 2. The second-order valence-corrected chi connectivity index (χ2v) is 9.26. The summed E-state index contributed by atoms with van der Waals surface area (Å²) in [5, 5.41) is 7.66. The Labute approximate surface area is 209 Å². The van der Waals surface area contributed by atoms with E-state index in [2.05, 4.69) is 20.1 Å². The molecule has 2 aromatic carbocycles. The van der Waals surface area contributed by atoms with Crippen LogP contribution in [0.5, 0.6) is 0 Å². The monoisotopic (exact) mass is 515 g/mol. The molecule has 0 bridgehead atoms. The van der Waals surface area contributed by atoms with E-state index in [4.69, 9.17) is 4.42 Å². The molecule has 2 saturated heterocycles. The topological polar surface area (TPSA) is 43.5 Å². The van der Waals surface area contributed by atoms with Crippen molar-refractivity contribution in [3.63, 3.8) is 0 Å². The first kappa shape index (κ1) is 23.9. The molecule has 6 rings (SSSR count). The van der Waals surface area contributed by atoms with Gasteiger partial charge in [-0.1, -0.05) is 0 Å². The summed E-state index contributed by atoms with van der Waals surface area (Å²) in [7, 11) is 0. The predicted molar refractivity (Wildman–Crippen MR) is 131 cm³/mol. The van der Waals surface area contributed by atoms with E-state index in [-0.39, 0.29) is 16.5 Å². The number of rotatable bonds is 2. The van der Waals surface area contributed by atoms with E-state index in [0.29, 0.717) is 11.3 Å². The van der Waals surface area contributed by atoms with Gasteiger partial charge in [-0.05, 0) is 18.2 Å². The minimum atomic E-state index is -2.19. The fourth-order valence-corrected chi connectivity index (χ4v) is 5.20. The molecule has 0 aromatic heterocycles. The van der Waals surface area contributed by atoms with Crippen molar-refractivity contribution in [3.05, 3.63) is 70.8 Å². The highest BCUT2D eigenvalue weighted by atomic mass is 19.2. The lowest BCUT2D eigenvalue weighted by Crippen LogP contribution is -2.45. The molecule has 0 amide bonds. The number of anilines is 1. The molecule has 2 N–H and O–H groups in total. The summed E-state index contributed by atoms with van der Waals surface area (Å²) in [6.45, 7) is 6.25. The Morgan fingerprint density at radius 2 is 1.35 bits per heavy atom. The quantitative estimate of drug-likeness (QED) is 0.141. The van der Waals surface area contributed by atoms with Gasteiger partial charge in [0.15, 0.2) is 36.4 Å². The number of halogens is 5. The Hall–Kier alpha value is -3.50. The molecule has 37 heavy (non-hydrogen) atoms. The number of fused-ring (bicyclic) bond motifs is 2. The molecule has 1 aliphatic carbocycles. The van der Waals surface area contributed by atoms with Gasteiger partial charge in [0.1, 0.15) is 11.3 Å². The third kappa shape index (κ3) is 4.04. The van der Waals surface area contributed by atoms with Crippen molar-refractivity contribution in [2.45, 2.75) is 0 Å². The fraction of sp³-hybridized carbons (Fsp3) is 0.296. The van der Waals surface area contributed by atoms with E-state index in [9.17, 15) is 13.2 Å². The van der Waals surface area contributed by atoms with Crippen molar-refractivity contribution in [2.24, 2.45) is 0 Å². The Morgan fingerprint density at radius 3 is 2.05 bits per heavy atom. The van der Waals surface area contributed by atoms with Crippen LogP contribution in [0.15, 0.2) is 40.8 Å². The molecule has 3 aliphatic heterocycles. The summed E-state index contributed by atoms with van der Waals surface area (Å²) in [4.78, 5) is 2.14. The molecule has 2 fully saturated rings. The van der Waals surface area contributed by atoms with Crippen LogP contribution in [-0.2, 0) is 0 Å². The van der Waals surface area contributed by atoms with Crippen molar-refractivity contribution in [3.8, 4) is 22.5 Å². The summed E-state index contributed by atoms with van der Waals surface area (Å²) in [6.07, 6.45) is 0. The smallest absolute Gasteiger partial charge is 0.203 e. The maximum absolute atomic E-state index is 15.1. The van der Waals surface area contributed by atoms with Gasteiger partial charge in [-0.25, -0.2) is 26.5 Å². The minimum Gasteiger partial charge on any atom is -0.456 e. The van der Waals surface area contributed by atoms with Crippen LogP contribution >= 0.6 is 0 Å². The van der Waals surface area contributed by atoms with Crippen LogP contribution in [-0.4, -0.2) is 52.4 Å². The van der Waals surface area contributed by atoms with Crippen molar-refractivity contribution >= 4 is 16.7 Å². The predicted octanol–water partition coefficient (Wildman–Crippen LogP) is 3.69. The molecule has 192 valence electrons. The number of benzene rings is 3. The lowest BCUT2D eigenvalue weighted by Gasteiger charge is -2.29. The number of hydrogen-bond donors (Lipinski definition) is 2. The van der Waals surface area contributed by atoms with Crippen molar-refractivity contribution in [2.75, 3.05) is 57.3 Å². The van der Waals surface area contributed by atoms with Gasteiger partial charge in [-0.2, -0.15) is 0 Å². The summed E-state index contributed by atoms with van der Waals surface area (Å²) in [5.74, 6) is -9.60. The Bertz CT molecular complexity index is 1520. The maximum Gasteiger partial charge on any atom is 0.203 e. The second kappa shape index (κ2) is 9.42. The highest BCUT2D eigenvalue weighted by Gasteiger charge is 2.31. The molecule has 0 saturated carbocycles. The molecule has 0 atom stereocenters. The van der Waals surface area contributed by atoms with Gasteiger partial charge < -0.3 is 20.0 Å². The van der Waals surface area contributed by atoms with Gasteiger partial charge >= 0.3 is 0 Å². The third-order valence-corrected chi connectivity index (χ3v) is 7.11. The fourth-order valence-electron chi connectivity index (χ4n) is 5.20. The Balaban J connectivity index is 1.67. The molecule has 0 spiro atoms. The van der Waals surface area contributed by atoms with Crippen molar-refractivity contribution < 1.29 is 26.4 Å². The zero-order chi connectivity index (χ0) is 25.7. The van der Waals surface area contributed by atoms with Gasteiger partial charge in [-0.3, -0.25) is 0 Å². The standard InChI is InChI=1S/C27H24F5N4O/c28-23-22(24(29)26(31)27(32)25(23)30)21-17-3-1-15(35-9-5-33-6-10-35)13-19(17)37-20-14-16(2-4-18(20)21)36-11-7-34-8-12-36/h1-4,13-14,33-34H,5-12H2/q+1. The van der Waals surface area contributed by atoms with E-state index in [1.54, 1.807) is 36.4 Å². The molecule has 3 heterocycles. The zero-order valence-electron chi connectivity index (χ0n) is 19.8. The first-order chi connectivity index (χ1) is 17.9. The first-order valence-electron chi connectivity index (χ1n) is 12.2. The molecule has 10 heteroatoms. The molecule has 4 aliphatic rings. The molecular formula is C27H24F5N4O+. The summed E-state index contributed by atoms with van der Waals surface area (Å²) >= 11 is 0. The molecular weight excluding hydrogens is 491 g/mol. The Morgan fingerprint density at radius 1 is 0.703 bits per heavy atom. The number of nitrogens with zero attached hydrogens (tertiary/aromatic N) is 2. The minimum absolute atomic E-state index is 0.0947. The summed E-state index contributed by atoms with van der Waals surface area (Å²) < 4.78 is 81.1. The van der Waals surface area contributed by atoms with E-state index in [1.165, 1.54) is 0 Å². The van der Waals surface area contributed by atoms with Gasteiger partial charge in [0, 0.05) is 60.5 Å². The third-order valence-electron chi connectivity index (χ3n) is 7.11. The molecule has 0 unspecified atom stereocenters. The summed E-state index contributed by atoms with van der Waals surface area (Å²) in [6, 6.07) is 10.3. The average molecular weight is 516 g/mol. The summed E-state index contributed by atoms with van der Waals surface area (Å²) in [5.41, 5.74) is 0.331. The average Bonchev–Trinajstić information content (AvgIpc) is 2.95. The van der Waals surface area contributed by atoms with E-state index < -0.39 is 34.6 Å². The van der Waals surface area contributed by atoms with Gasteiger partial charge in [0.25, 0.3) is 0 Å². The van der Waals surface area contributed by atoms with Crippen LogP contribution in [0.1, 0.15) is 0 Å². The van der Waals surface area contributed by atoms with Crippen LogP contribution in [0.3, 0.4) is 0 Å². The highest BCUT2D eigenvalue weighted by molar-refractivity contribution is 6.03. The van der Waals surface area contributed by atoms with Crippen molar-refractivity contribution in [1.29, 1.82) is 0 Å². The van der Waals surface area contributed by atoms with Crippen LogP contribution in [0.4, 0.5) is 27.6 Å². The van der Waals surface area contributed by atoms with Gasteiger partial charge in [-0.15, -0.1) is 0 Å². The number of hydrogen-bond acceptors (Lipinski definition) is 4. The van der Waals surface area contributed by atoms with Crippen LogP contribution < -0.4 is 25.5 Å². The van der Waals surface area contributed by atoms with Gasteiger partial charge in [0.2, 0.25) is 11.2 Å². The number of nitrogens with one attached hydrogen (secondary N) is 2. The normalized spacial score (nSPS) is 16.7.